The van der Waals surface area contributed by atoms with Crippen LogP contribution in [0.2, 0.25) is 0 Å². The minimum Gasteiger partial charge on any atom is -0.480 e. The van der Waals surface area contributed by atoms with Crippen molar-refractivity contribution in [1.29, 1.82) is 0 Å². The molecule has 0 spiro atoms. The highest BCUT2D eigenvalue weighted by Gasteiger charge is 2.25. The number of nitrogens with one attached hydrogen (secondary N) is 1. The molecule has 0 bridgehead atoms. The summed E-state index contributed by atoms with van der Waals surface area (Å²) in [4.78, 5) is 33.3. The third kappa shape index (κ3) is 4.02. The van der Waals surface area contributed by atoms with Crippen LogP contribution in [0.25, 0.3) is 0 Å². The summed E-state index contributed by atoms with van der Waals surface area (Å²) in [7, 11) is 1.31. The summed E-state index contributed by atoms with van der Waals surface area (Å²) in [6, 6.07) is -0.302. The van der Waals surface area contributed by atoms with Gasteiger partial charge in [0.05, 0.1) is 17.7 Å². The maximum atomic E-state index is 12.1. The Morgan fingerprint density at radius 2 is 2.14 bits per heavy atom. The first-order valence-electron chi connectivity index (χ1n) is 6.16. The average molecular weight is 299 g/mol. The number of hydrogen-bond donors (Lipinski definition) is 2. The van der Waals surface area contributed by atoms with E-state index in [0.29, 0.717) is 0 Å². The third-order valence-electron chi connectivity index (χ3n) is 2.77. The van der Waals surface area contributed by atoms with Gasteiger partial charge in [-0.2, -0.15) is 0 Å². The Bertz CT molecular complexity index is 551. The second kappa shape index (κ2) is 6.84. The first-order chi connectivity index (χ1) is 9.77. The quantitative estimate of drug-likeness (QED) is 0.567. The molecule has 0 radical (unpaired) electrons. The zero-order chi connectivity index (χ0) is 16.2. The van der Waals surface area contributed by atoms with Crippen LogP contribution in [0.4, 0.5) is 5.69 Å². The van der Waals surface area contributed by atoms with Crippen LogP contribution in [-0.2, 0) is 9.53 Å². The standard InChI is InChI=1S/C12H17N3O6/c1-7(2)14-5-8(15(19)20)4-10(14)11(16)13-9(6-21-3)12(17)18/h4-5,7,9H,6H2,1-3H3,(H,13,16)(H,17,18). The van der Waals surface area contributed by atoms with Crippen molar-refractivity contribution >= 4 is 17.6 Å². The molecule has 2 N–H and O–H groups in total. The van der Waals surface area contributed by atoms with Crippen LogP contribution in [0.15, 0.2) is 12.3 Å². The van der Waals surface area contributed by atoms with E-state index in [4.69, 9.17) is 9.84 Å². The molecule has 1 unspecified atom stereocenters. The number of nitrogens with zero attached hydrogens (tertiary/aromatic N) is 2. The van der Waals surface area contributed by atoms with E-state index >= 15 is 0 Å². The summed E-state index contributed by atoms with van der Waals surface area (Å²) < 4.78 is 6.13. The maximum Gasteiger partial charge on any atom is 0.328 e. The predicted molar refractivity (Wildman–Crippen MR) is 72.2 cm³/mol. The molecule has 1 aromatic heterocycles. The zero-order valence-corrected chi connectivity index (χ0v) is 11.9. The number of carbonyl (C=O) groups excluding carboxylic acids is 1. The van der Waals surface area contributed by atoms with Crippen LogP contribution >= 0.6 is 0 Å². The van der Waals surface area contributed by atoms with E-state index < -0.39 is 22.8 Å². The van der Waals surface area contributed by atoms with Crippen molar-refractivity contribution in [2.75, 3.05) is 13.7 Å². The van der Waals surface area contributed by atoms with Crippen molar-refractivity contribution in [2.45, 2.75) is 25.9 Å². The van der Waals surface area contributed by atoms with Gasteiger partial charge >= 0.3 is 5.97 Å². The molecule has 116 valence electrons. The van der Waals surface area contributed by atoms with Gasteiger partial charge in [0.25, 0.3) is 11.6 Å². The van der Waals surface area contributed by atoms with Crippen LogP contribution in [-0.4, -0.2) is 46.2 Å². The number of carbonyl (C=O) groups is 2. The summed E-state index contributed by atoms with van der Waals surface area (Å²) in [6.07, 6.45) is 1.24. The molecular weight excluding hydrogens is 282 g/mol. The highest BCUT2D eigenvalue weighted by atomic mass is 16.6. The van der Waals surface area contributed by atoms with Gasteiger partial charge in [-0.25, -0.2) is 4.79 Å². The Balaban J connectivity index is 3.05. The summed E-state index contributed by atoms with van der Waals surface area (Å²) in [5.74, 6) is -1.95. The Hall–Kier alpha value is -2.42. The van der Waals surface area contributed by atoms with Gasteiger partial charge in [-0.3, -0.25) is 14.9 Å². The minimum absolute atomic E-state index is 0.0269. The lowest BCUT2D eigenvalue weighted by molar-refractivity contribution is -0.384. The van der Waals surface area contributed by atoms with Crippen LogP contribution in [0.1, 0.15) is 30.4 Å². The van der Waals surface area contributed by atoms with Gasteiger partial charge in [-0.1, -0.05) is 0 Å². The number of ether oxygens (including phenoxy) is 1. The van der Waals surface area contributed by atoms with E-state index in [9.17, 15) is 19.7 Å². The summed E-state index contributed by atoms with van der Waals surface area (Å²) in [5, 5.41) is 22.0. The van der Waals surface area contributed by atoms with E-state index in [1.165, 1.54) is 17.9 Å². The highest BCUT2D eigenvalue weighted by molar-refractivity contribution is 5.96. The first-order valence-corrected chi connectivity index (χ1v) is 6.16. The molecule has 1 atom stereocenters. The molecule has 0 saturated heterocycles. The van der Waals surface area contributed by atoms with E-state index in [1.807, 2.05) is 0 Å². The van der Waals surface area contributed by atoms with Crippen LogP contribution < -0.4 is 5.32 Å². The van der Waals surface area contributed by atoms with Gasteiger partial charge in [0.15, 0.2) is 6.04 Å². The van der Waals surface area contributed by atoms with Gasteiger partial charge in [0.2, 0.25) is 0 Å². The topological polar surface area (TPSA) is 124 Å². The van der Waals surface area contributed by atoms with Crippen molar-refractivity contribution < 1.29 is 24.4 Å². The molecule has 1 rings (SSSR count). The lowest BCUT2D eigenvalue weighted by atomic mass is 10.2. The van der Waals surface area contributed by atoms with E-state index in [1.54, 1.807) is 13.8 Å². The summed E-state index contributed by atoms with van der Waals surface area (Å²) in [6.45, 7) is 3.31. The lowest BCUT2D eigenvalue weighted by Gasteiger charge is -2.16. The molecule has 1 aromatic rings. The number of aromatic nitrogens is 1. The summed E-state index contributed by atoms with van der Waals surface area (Å²) in [5.41, 5.74) is -0.202. The fourth-order valence-electron chi connectivity index (χ4n) is 1.75. The molecule has 1 amide bonds. The molecule has 0 aliphatic rings. The van der Waals surface area contributed by atoms with Crippen LogP contribution in [0.5, 0.6) is 0 Å². The largest absolute Gasteiger partial charge is 0.480 e. The van der Waals surface area contributed by atoms with E-state index in [2.05, 4.69) is 5.32 Å². The van der Waals surface area contributed by atoms with Crippen molar-refractivity contribution in [3.8, 4) is 0 Å². The van der Waals surface area contributed by atoms with Gasteiger partial charge in [-0.15, -0.1) is 0 Å². The molecule has 0 fully saturated rings. The van der Waals surface area contributed by atoms with Crippen molar-refractivity contribution in [3.05, 3.63) is 28.1 Å². The van der Waals surface area contributed by atoms with Crippen molar-refractivity contribution in [1.82, 2.24) is 9.88 Å². The monoisotopic (exact) mass is 299 g/mol. The molecule has 0 aliphatic heterocycles. The Labute approximate surface area is 120 Å². The molecule has 0 saturated carbocycles. The number of aliphatic carboxylic acids is 1. The number of methoxy groups -OCH3 is 1. The molecular formula is C12H17N3O6. The fourth-order valence-corrected chi connectivity index (χ4v) is 1.75. The number of amides is 1. The average Bonchev–Trinajstić information content (AvgIpc) is 2.83. The van der Waals surface area contributed by atoms with Crippen molar-refractivity contribution in [3.63, 3.8) is 0 Å². The molecule has 21 heavy (non-hydrogen) atoms. The Morgan fingerprint density at radius 3 is 2.57 bits per heavy atom. The fraction of sp³-hybridized carbons (Fsp3) is 0.500. The number of nitro groups is 1. The molecule has 0 aromatic carbocycles. The van der Waals surface area contributed by atoms with Gasteiger partial charge < -0.3 is 19.7 Å². The van der Waals surface area contributed by atoms with Gasteiger partial charge in [0.1, 0.15) is 5.69 Å². The second-order valence-electron chi connectivity index (χ2n) is 4.66. The molecule has 0 aliphatic carbocycles. The maximum absolute atomic E-state index is 12.1. The minimum atomic E-state index is -1.25. The zero-order valence-electron chi connectivity index (χ0n) is 11.9. The molecule has 9 heteroatoms. The SMILES string of the molecule is COCC(NC(=O)c1cc([N+](=O)[O-])cn1C(C)C)C(=O)O. The predicted octanol–water partition coefficient (Wildman–Crippen LogP) is 0.807. The number of carboxylic acid groups (broad SMARTS) is 1. The third-order valence-corrected chi connectivity index (χ3v) is 2.77. The Morgan fingerprint density at radius 1 is 1.52 bits per heavy atom. The van der Waals surface area contributed by atoms with Gasteiger partial charge in [0, 0.05) is 19.2 Å². The number of hydrogen-bond acceptors (Lipinski definition) is 5. The second-order valence-corrected chi connectivity index (χ2v) is 4.66. The normalized spacial score (nSPS) is 12.2. The number of carboxylic acids is 1. The van der Waals surface area contributed by atoms with Gasteiger partial charge in [-0.05, 0) is 13.8 Å². The smallest absolute Gasteiger partial charge is 0.328 e. The highest BCUT2D eigenvalue weighted by Crippen LogP contribution is 2.20. The Kier molecular flexibility index (Phi) is 5.42. The molecule has 9 nitrogen and oxygen atoms in total. The van der Waals surface area contributed by atoms with E-state index in [-0.39, 0.29) is 24.0 Å². The summed E-state index contributed by atoms with van der Waals surface area (Å²) >= 11 is 0. The number of rotatable bonds is 7. The van der Waals surface area contributed by atoms with Crippen molar-refractivity contribution in [2.24, 2.45) is 0 Å². The van der Waals surface area contributed by atoms with E-state index in [0.717, 1.165) is 6.07 Å². The van der Waals surface area contributed by atoms with Crippen LogP contribution in [0.3, 0.4) is 0 Å². The first kappa shape index (κ1) is 16.6. The lowest BCUT2D eigenvalue weighted by Crippen LogP contribution is -2.44. The molecule has 1 heterocycles. The van der Waals surface area contributed by atoms with Crippen LogP contribution in [0, 0.1) is 10.1 Å².